The monoisotopic (exact) mass is 324 g/mol. The van der Waals surface area contributed by atoms with Gasteiger partial charge in [0.25, 0.3) is 0 Å². The standard InChI is InChI=1S/C17H25FN2OS/c1-22-17-6-5-13(18)9-12(17)10-20-15-4-2-3-14(15)16-11-21-8-7-19-16/h5-6,9,14-16,19-20H,2-4,7-8,10-11H2,1H3. The molecule has 5 heteroatoms. The molecule has 0 bridgehead atoms. The molecule has 3 rings (SSSR count). The van der Waals surface area contributed by atoms with Crippen molar-refractivity contribution in [1.82, 2.24) is 10.6 Å². The van der Waals surface area contributed by atoms with E-state index in [-0.39, 0.29) is 5.82 Å². The number of benzene rings is 1. The topological polar surface area (TPSA) is 33.3 Å². The van der Waals surface area contributed by atoms with Gasteiger partial charge in [0.1, 0.15) is 5.82 Å². The van der Waals surface area contributed by atoms with Gasteiger partial charge in [-0.15, -0.1) is 11.8 Å². The third-order valence-corrected chi connectivity index (χ3v) is 5.67. The minimum absolute atomic E-state index is 0.153. The Hall–Kier alpha value is -0.620. The SMILES string of the molecule is CSc1ccc(F)cc1CNC1CCCC1C1COCCN1. The van der Waals surface area contributed by atoms with E-state index in [0.29, 0.717) is 18.0 Å². The fraction of sp³-hybridized carbons (Fsp3) is 0.647. The summed E-state index contributed by atoms with van der Waals surface area (Å²) in [4.78, 5) is 1.16. The van der Waals surface area contributed by atoms with Crippen molar-refractivity contribution in [1.29, 1.82) is 0 Å². The van der Waals surface area contributed by atoms with Gasteiger partial charge in [0, 0.05) is 30.1 Å². The Labute approximate surface area is 136 Å². The van der Waals surface area contributed by atoms with Crippen LogP contribution in [0.4, 0.5) is 4.39 Å². The molecule has 22 heavy (non-hydrogen) atoms. The Morgan fingerprint density at radius 1 is 1.41 bits per heavy atom. The summed E-state index contributed by atoms with van der Waals surface area (Å²) in [5.41, 5.74) is 1.06. The second-order valence-electron chi connectivity index (χ2n) is 6.17. The van der Waals surface area contributed by atoms with Crippen LogP contribution in [0.3, 0.4) is 0 Å². The van der Waals surface area contributed by atoms with E-state index in [1.165, 1.54) is 25.3 Å². The van der Waals surface area contributed by atoms with Crippen LogP contribution < -0.4 is 10.6 Å². The van der Waals surface area contributed by atoms with Crippen molar-refractivity contribution in [2.24, 2.45) is 5.92 Å². The maximum atomic E-state index is 13.5. The smallest absolute Gasteiger partial charge is 0.123 e. The Morgan fingerprint density at radius 3 is 3.09 bits per heavy atom. The number of thioether (sulfide) groups is 1. The molecule has 122 valence electrons. The summed E-state index contributed by atoms with van der Waals surface area (Å²) in [5, 5.41) is 7.26. The van der Waals surface area contributed by atoms with Crippen molar-refractivity contribution in [3.05, 3.63) is 29.6 Å². The van der Waals surface area contributed by atoms with Crippen LogP contribution in [0.1, 0.15) is 24.8 Å². The van der Waals surface area contributed by atoms with Gasteiger partial charge in [-0.25, -0.2) is 4.39 Å². The molecule has 0 spiro atoms. The molecule has 0 amide bonds. The first-order valence-corrected chi connectivity index (χ1v) is 9.37. The molecule has 1 aliphatic carbocycles. The van der Waals surface area contributed by atoms with Gasteiger partial charge in [-0.1, -0.05) is 6.42 Å². The quantitative estimate of drug-likeness (QED) is 0.816. The van der Waals surface area contributed by atoms with E-state index in [4.69, 9.17) is 4.74 Å². The van der Waals surface area contributed by atoms with Crippen molar-refractivity contribution < 1.29 is 9.13 Å². The van der Waals surface area contributed by atoms with E-state index in [2.05, 4.69) is 10.6 Å². The predicted molar refractivity (Wildman–Crippen MR) is 88.8 cm³/mol. The van der Waals surface area contributed by atoms with Gasteiger partial charge in [0.2, 0.25) is 0 Å². The van der Waals surface area contributed by atoms with Crippen LogP contribution in [0.5, 0.6) is 0 Å². The summed E-state index contributed by atoms with van der Waals surface area (Å²) in [6, 6.07) is 6.03. The summed E-state index contributed by atoms with van der Waals surface area (Å²) in [7, 11) is 0. The number of halogens is 1. The summed E-state index contributed by atoms with van der Waals surface area (Å²) >= 11 is 1.68. The van der Waals surface area contributed by atoms with Crippen LogP contribution in [0.15, 0.2) is 23.1 Å². The number of ether oxygens (including phenoxy) is 1. The normalized spacial score (nSPS) is 28.9. The summed E-state index contributed by atoms with van der Waals surface area (Å²) in [5.74, 6) is 0.464. The van der Waals surface area contributed by atoms with E-state index < -0.39 is 0 Å². The number of nitrogens with one attached hydrogen (secondary N) is 2. The minimum Gasteiger partial charge on any atom is -0.379 e. The fourth-order valence-corrected chi connectivity index (χ4v) is 4.31. The number of hydrogen-bond acceptors (Lipinski definition) is 4. The lowest BCUT2D eigenvalue weighted by atomic mass is 9.94. The first-order chi connectivity index (χ1) is 10.8. The minimum atomic E-state index is -0.153. The summed E-state index contributed by atoms with van der Waals surface area (Å²) in [6.07, 6.45) is 5.75. The van der Waals surface area contributed by atoms with E-state index in [1.807, 2.05) is 12.3 Å². The largest absolute Gasteiger partial charge is 0.379 e. The van der Waals surface area contributed by atoms with Gasteiger partial charge in [0.05, 0.1) is 13.2 Å². The van der Waals surface area contributed by atoms with Crippen LogP contribution in [-0.2, 0) is 11.3 Å². The highest BCUT2D eigenvalue weighted by atomic mass is 32.2. The predicted octanol–water partition coefficient (Wildman–Crippen LogP) is 2.79. The zero-order chi connectivity index (χ0) is 15.4. The van der Waals surface area contributed by atoms with Crippen LogP contribution in [0.2, 0.25) is 0 Å². The molecule has 3 nitrogen and oxygen atoms in total. The molecule has 2 fully saturated rings. The van der Waals surface area contributed by atoms with E-state index in [9.17, 15) is 4.39 Å². The van der Waals surface area contributed by atoms with Gasteiger partial charge in [0.15, 0.2) is 0 Å². The lowest BCUT2D eigenvalue weighted by Crippen LogP contribution is -2.50. The highest BCUT2D eigenvalue weighted by molar-refractivity contribution is 7.98. The Morgan fingerprint density at radius 2 is 2.32 bits per heavy atom. The van der Waals surface area contributed by atoms with Crippen molar-refractivity contribution >= 4 is 11.8 Å². The lowest BCUT2D eigenvalue weighted by molar-refractivity contribution is 0.0524. The number of rotatable bonds is 5. The molecule has 3 unspecified atom stereocenters. The molecular weight excluding hydrogens is 299 g/mol. The molecule has 0 aromatic heterocycles. The van der Waals surface area contributed by atoms with Gasteiger partial charge < -0.3 is 15.4 Å². The van der Waals surface area contributed by atoms with Crippen LogP contribution in [0.25, 0.3) is 0 Å². The number of morpholine rings is 1. The molecule has 2 aliphatic rings. The first-order valence-electron chi connectivity index (χ1n) is 8.15. The molecule has 1 aliphatic heterocycles. The second kappa shape index (κ2) is 7.77. The van der Waals surface area contributed by atoms with Crippen molar-refractivity contribution in [3.63, 3.8) is 0 Å². The van der Waals surface area contributed by atoms with Crippen molar-refractivity contribution in [2.75, 3.05) is 26.0 Å². The van der Waals surface area contributed by atoms with Gasteiger partial charge in [-0.3, -0.25) is 0 Å². The molecule has 1 saturated heterocycles. The van der Waals surface area contributed by atoms with Gasteiger partial charge in [-0.2, -0.15) is 0 Å². The van der Waals surface area contributed by atoms with E-state index in [0.717, 1.165) is 36.8 Å². The summed E-state index contributed by atoms with van der Waals surface area (Å²) in [6.45, 7) is 3.33. The maximum absolute atomic E-state index is 13.5. The third kappa shape index (κ3) is 3.82. The average Bonchev–Trinajstić information content (AvgIpc) is 3.02. The first kappa shape index (κ1) is 16.2. The van der Waals surface area contributed by atoms with Crippen molar-refractivity contribution in [3.8, 4) is 0 Å². The molecule has 1 aromatic carbocycles. The lowest BCUT2D eigenvalue weighted by Gasteiger charge is -2.33. The second-order valence-corrected chi connectivity index (χ2v) is 7.02. The van der Waals surface area contributed by atoms with Crippen molar-refractivity contribution in [2.45, 2.75) is 42.8 Å². The Bertz CT molecular complexity index is 494. The highest BCUT2D eigenvalue weighted by Crippen LogP contribution is 2.30. The van der Waals surface area contributed by atoms with Crippen LogP contribution in [-0.4, -0.2) is 38.1 Å². The number of hydrogen-bond donors (Lipinski definition) is 2. The van der Waals surface area contributed by atoms with E-state index in [1.54, 1.807) is 17.8 Å². The zero-order valence-corrected chi connectivity index (χ0v) is 13.9. The maximum Gasteiger partial charge on any atom is 0.123 e. The Balaban J connectivity index is 1.61. The molecular formula is C17H25FN2OS. The molecule has 3 atom stereocenters. The molecule has 1 aromatic rings. The van der Waals surface area contributed by atoms with E-state index >= 15 is 0 Å². The molecule has 1 saturated carbocycles. The van der Waals surface area contributed by atoms with Crippen LogP contribution in [0, 0.1) is 11.7 Å². The Kier molecular flexibility index (Phi) is 5.74. The zero-order valence-electron chi connectivity index (χ0n) is 13.1. The highest BCUT2D eigenvalue weighted by Gasteiger charge is 2.34. The van der Waals surface area contributed by atoms with Gasteiger partial charge in [-0.05, 0) is 48.8 Å². The molecule has 0 radical (unpaired) electrons. The fourth-order valence-electron chi connectivity index (χ4n) is 3.71. The average molecular weight is 324 g/mol. The molecule has 1 heterocycles. The molecule has 2 N–H and O–H groups in total. The summed E-state index contributed by atoms with van der Waals surface area (Å²) < 4.78 is 19.1. The third-order valence-electron chi connectivity index (χ3n) is 4.83. The van der Waals surface area contributed by atoms with Crippen LogP contribution >= 0.6 is 11.8 Å². The van der Waals surface area contributed by atoms with Gasteiger partial charge >= 0.3 is 0 Å².